The minimum Gasteiger partial charge on any atom is -0.531 e. The van der Waals surface area contributed by atoms with Gasteiger partial charge in [-0.1, -0.05) is 36.4 Å². The Morgan fingerprint density at radius 1 is 0.842 bits per heavy atom. The van der Waals surface area contributed by atoms with E-state index in [1.165, 1.54) is 0 Å². The van der Waals surface area contributed by atoms with Crippen LogP contribution in [0.5, 0.6) is 0 Å². The fourth-order valence-corrected chi connectivity index (χ4v) is 2.38. The van der Waals surface area contributed by atoms with Gasteiger partial charge in [0.2, 0.25) is 14.2 Å². The van der Waals surface area contributed by atoms with E-state index < -0.39 is 8.32 Å². The van der Waals surface area contributed by atoms with Crippen molar-refractivity contribution in [3.8, 4) is 0 Å². The molecular formula is C16H19NOSi. The van der Waals surface area contributed by atoms with Crippen molar-refractivity contribution < 1.29 is 4.43 Å². The molecular weight excluding hydrogens is 250 g/mol. The Kier molecular flexibility index (Phi) is 4.17. The second-order valence-corrected chi connectivity index (χ2v) is 9.76. The molecule has 0 radical (unpaired) electrons. The molecule has 0 saturated heterocycles. The lowest BCUT2D eigenvalue weighted by atomic mass is 10.2. The minimum absolute atomic E-state index is 0.714. The van der Waals surface area contributed by atoms with Crippen LogP contribution in [0.3, 0.4) is 0 Å². The largest absolute Gasteiger partial charge is 0.531 e. The first kappa shape index (κ1) is 13.6. The molecule has 0 fully saturated rings. The molecule has 2 aromatic carbocycles. The van der Waals surface area contributed by atoms with E-state index in [0.29, 0.717) is 5.90 Å². The van der Waals surface area contributed by atoms with Crippen molar-refractivity contribution in [1.29, 1.82) is 0 Å². The van der Waals surface area contributed by atoms with Crippen molar-refractivity contribution in [1.82, 2.24) is 0 Å². The molecule has 0 aliphatic rings. The second kappa shape index (κ2) is 5.84. The predicted octanol–water partition coefficient (Wildman–Crippen LogP) is 4.62. The third-order valence-corrected chi connectivity index (χ3v) is 3.22. The predicted molar refractivity (Wildman–Crippen MR) is 83.5 cm³/mol. The molecule has 0 spiro atoms. The molecule has 0 aromatic heterocycles. The van der Waals surface area contributed by atoms with Gasteiger partial charge in [-0.25, -0.2) is 4.99 Å². The van der Waals surface area contributed by atoms with Gasteiger partial charge in [0.05, 0.1) is 5.69 Å². The van der Waals surface area contributed by atoms with Gasteiger partial charge in [0.25, 0.3) is 0 Å². The Morgan fingerprint density at radius 2 is 1.37 bits per heavy atom. The van der Waals surface area contributed by atoms with E-state index in [4.69, 9.17) is 4.43 Å². The fraction of sp³-hybridized carbons (Fsp3) is 0.188. The summed E-state index contributed by atoms with van der Waals surface area (Å²) in [5.41, 5.74) is 1.94. The lowest BCUT2D eigenvalue weighted by molar-refractivity contribution is 0.554. The van der Waals surface area contributed by atoms with Crippen LogP contribution >= 0.6 is 0 Å². The quantitative estimate of drug-likeness (QED) is 0.453. The lowest BCUT2D eigenvalue weighted by Crippen LogP contribution is -2.29. The molecule has 0 atom stereocenters. The van der Waals surface area contributed by atoms with Crippen molar-refractivity contribution >= 4 is 19.9 Å². The Morgan fingerprint density at radius 3 is 1.89 bits per heavy atom. The zero-order chi connectivity index (χ0) is 13.7. The summed E-state index contributed by atoms with van der Waals surface area (Å²) >= 11 is 0. The maximum absolute atomic E-state index is 6.12. The van der Waals surface area contributed by atoms with Crippen LogP contribution in [0.1, 0.15) is 5.56 Å². The van der Waals surface area contributed by atoms with E-state index in [0.717, 1.165) is 11.3 Å². The summed E-state index contributed by atoms with van der Waals surface area (Å²) in [6.07, 6.45) is 0. The second-order valence-electron chi connectivity index (χ2n) is 5.33. The first-order valence-electron chi connectivity index (χ1n) is 6.43. The monoisotopic (exact) mass is 269 g/mol. The van der Waals surface area contributed by atoms with Crippen LogP contribution in [0.2, 0.25) is 19.6 Å². The molecule has 0 heterocycles. The molecule has 0 aliphatic carbocycles. The molecule has 2 rings (SSSR count). The summed E-state index contributed by atoms with van der Waals surface area (Å²) in [4.78, 5) is 4.64. The van der Waals surface area contributed by atoms with Crippen molar-refractivity contribution in [2.45, 2.75) is 19.6 Å². The highest BCUT2D eigenvalue weighted by atomic mass is 28.4. The van der Waals surface area contributed by atoms with Crippen LogP contribution in [0, 0.1) is 0 Å². The summed E-state index contributed by atoms with van der Waals surface area (Å²) in [6, 6.07) is 20.0. The van der Waals surface area contributed by atoms with Gasteiger partial charge in [-0.2, -0.15) is 0 Å². The number of nitrogens with zero attached hydrogens (tertiary/aromatic N) is 1. The SMILES string of the molecule is C[Si](C)(C)OC(=Nc1ccccc1)c1ccccc1. The number of benzene rings is 2. The van der Waals surface area contributed by atoms with Crippen molar-refractivity contribution in [2.75, 3.05) is 0 Å². The highest BCUT2D eigenvalue weighted by Crippen LogP contribution is 2.16. The van der Waals surface area contributed by atoms with Crippen LogP contribution in [0.4, 0.5) is 5.69 Å². The number of hydrogen-bond donors (Lipinski definition) is 0. The van der Waals surface area contributed by atoms with Crippen LogP contribution < -0.4 is 0 Å². The summed E-state index contributed by atoms with van der Waals surface area (Å²) in [5, 5.41) is 0. The van der Waals surface area contributed by atoms with E-state index in [-0.39, 0.29) is 0 Å². The maximum atomic E-state index is 6.12. The van der Waals surface area contributed by atoms with Gasteiger partial charge in [-0.05, 0) is 43.9 Å². The summed E-state index contributed by atoms with van der Waals surface area (Å²) < 4.78 is 6.12. The summed E-state index contributed by atoms with van der Waals surface area (Å²) in [7, 11) is -1.69. The third-order valence-electron chi connectivity index (χ3n) is 2.41. The molecule has 0 saturated carbocycles. The van der Waals surface area contributed by atoms with E-state index in [2.05, 4.69) is 24.6 Å². The molecule has 0 unspecified atom stereocenters. The van der Waals surface area contributed by atoms with Gasteiger partial charge in [-0.15, -0.1) is 0 Å². The van der Waals surface area contributed by atoms with Gasteiger partial charge in [-0.3, -0.25) is 0 Å². The topological polar surface area (TPSA) is 21.6 Å². The van der Waals surface area contributed by atoms with Gasteiger partial charge < -0.3 is 4.43 Å². The number of hydrogen-bond acceptors (Lipinski definition) is 2. The Balaban J connectivity index is 2.38. The zero-order valence-corrected chi connectivity index (χ0v) is 12.6. The van der Waals surface area contributed by atoms with Crippen molar-refractivity contribution in [2.24, 2.45) is 4.99 Å². The van der Waals surface area contributed by atoms with Gasteiger partial charge in [0.15, 0.2) is 0 Å². The summed E-state index contributed by atoms with van der Waals surface area (Å²) in [5.74, 6) is 0.714. The normalized spacial score (nSPS) is 12.3. The van der Waals surface area contributed by atoms with E-state index in [1.54, 1.807) is 0 Å². The zero-order valence-electron chi connectivity index (χ0n) is 11.6. The Bertz CT molecular complexity index is 544. The third kappa shape index (κ3) is 4.37. The average Bonchev–Trinajstić information content (AvgIpc) is 2.39. The van der Waals surface area contributed by atoms with Crippen LogP contribution in [-0.2, 0) is 4.43 Å². The number of aliphatic imine (C=N–C) groups is 1. The van der Waals surface area contributed by atoms with E-state index in [1.807, 2.05) is 60.7 Å². The van der Waals surface area contributed by atoms with Crippen LogP contribution in [-0.4, -0.2) is 14.2 Å². The maximum Gasteiger partial charge on any atom is 0.244 e. The molecule has 2 nitrogen and oxygen atoms in total. The lowest BCUT2D eigenvalue weighted by Gasteiger charge is -2.20. The first-order chi connectivity index (χ1) is 9.04. The molecule has 3 heteroatoms. The molecule has 0 aliphatic heterocycles. The number of rotatable bonds is 3. The highest BCUT2D eigenvalue weighted by Gasteiger charge is 2.19. The molecule has 0 bridgehead atoms. The molecule has 19 heavy (non-hydrogen) atoms. The summed E-state index contributed by atoms with van der Waals surface area (Å²) in [6.45, 7) is 6.49. The van der Waals surface area contributed by atoms with Crippen LogP contribution in [0.15, 0.2) is 65.7 Å². The molecule has 0 amide bonds. The smallest absolute Gasteiger partial charge is 0.244 e. The first-order valence-corrected chi connectivity index (χ1v) is 9.84. The Hall–Kier alpha value is -1.87. The van der Waals surface area contributed by atoms with Gasteiger partial charge in [0.1, 0.15) is 0 Å². The molecule has 98 valence electrons. The van der Waals surface area contributed by atoms with E-state index in [9.17, 15) is 0 Å². The standard InChI is InChI=1S/C16H19NOSi/c1-19(2,3)18-16(14-10-6-4-7-11-14)17-15-12-8-5-9-13-15/h4-13H,1-3H3. The minimum atomic E-state index is -1.69. The number of para-hydroxylation sites is 1. The fourth-order valence-electron chi connectivity index (χ4n) is 1.64. The Labute approximate surface area is 115 Å². The molecule has 2 aromatic rings. The highest BCUT2D eigenvalue weighted by molar-refractivity contribution is 6.71. The van der Waals surface area contributed by atoms with E-state index >= 15 is 0 Å². The van der Waals surface area contributed by atoms with Crippen molar-refractivity contribution in [3.63, 3.8) is 0 Å². The molecule has 0 N–H and O–H groups in total. The van der Waals surface area contributed by atoms with Crippen molar-refractivity contribution in [3.05, 3.63) is 66.2 Å². The average molecular weight is 269 g/mol. The van der Waals surface area contributed by atoms with Gasteiger partial charge >= 0.3 is 0 Å². The van der Waals surface area contributed by atoms with Gasteiger partial charge in [0, 0.05) is 5.56 Å². The van der Waals surface area contributed by atoms with Crippen LogP contribution in [0.25, 0.3) is 0 Å².